The van der Waals surface area contributed by atoms with Crippen LogP contribution in [0.2, 0.25) is 0 Å². The van der Waals surface area contributed by atoms with Gasteiger partial charge in [-0.3, -0.25) is 9.59 Å². The summed E-state index contributed by atoms with van der Waals surface area (Å²) >= 11 is 0. The molecule has 2 amide bonds. The van der Waals surface area contributed by atoms with Gasteiger partial charge in [0.2, 0.25) is 5.91 Å². The fourth-order valence-corrected chi connectivity index (χ4v) is 1.78. The molecule has 6 heteroatoms. The number of amides is 2. The Morgan fingerprint density at radius 3 is 2.55 bits per heavy atom. The molecule has 1 rings (SSSR count). The van der Waals surface area contributed by atoms with Crippen molar-refractivity contribution >= 4 is 23.2 Å². The van der Waals surface area contributed by atoms with Gasteiger partial charge in [0, 0.05) is 38.4 Å². The average Bonchev–Trinajstić information content (AvgIpc) is 2.37. The normalized spacial score (nSPS) is 10.1. The van der Waals surface area contributed by atoms with Gasteiger partial charge in [0.1, 0.15) is 0 Å². The van der Waals surface area contributed by atoms with E-state index in [1.807, 2.05) is 0 Å². The topological polar surface area (TPSA) is 101 Å². The summed E-state index contributed by atoms with van der Waals surface area (Å²) < 4.78 is 0. The predicted octanol–water partition coefficient (Wildman–Crippen LogP) is 1.04. The zero-order valence-electron chi connectivity index (χ0n) is 12.0. The van der Waals surface area contributed by atoms with Crippen LogP contribution in [0.1, 0.15) is 29.6 Å². The van der Waals surface area contributed by atoms with E-state index in [-0.39, 0.29) is 11.8 Å². The fourth-order valence-electron chi connectivity index (χ4n) is 1.78. The maximum absolute atomic E-state index is 12.0. The minimum Gasteiger partial charge on any atom is -0.399 e. The van der Waals surface area contributed by atoms with Gasteiger partial charge in [-0.25, -0.2) is 0 Å². The SMILES string of the molecule is CN(C)C(=O)c1ccc(N)cc1NCCCCC(N)=O. The highest BCUT2D eigenvalue weighted by atomic mass is 16.2. The molecule has 20 heavy (non-hydrogen) atoms. The molecule has 0 fully saturated rings. The molecule has 5 N–H and O–H groups in total. The summed E-state index contributed by atoms with van der Waals surface area (Å²) in [5.41, 5.74) is 12.7. The molecule has 0 saturated carbocycles. The largest absolute Gasteiger partial charge is 0.399 e. The zero-order valence-corrected chi connectivity index (χ0v) is 12.0. The van der Waals surface area contributed by atoms with E-state index in [2.05, 4.69) is 5.32 Å². The molecule has 0 heterocycles. The molecule has 6 nitrogen and oxygen atoms in total. The van der Waals surface area contributed by atoms with Gasteiger partial charge in [-0.2, -0.15) is 0 Å². The van der Waals surface area contributed by atoms with Crippen molar-refractivity contribution in [2.45, 2.75) is 19.3 Å². The molecule has 1 aromatic carbocycles. The van der Waals surface area contributed by atoms with Crippen LogP contribution in [0.5, 0.6) is 0 Å². The van der Waals surface area contributed by atoms with Crippen molar-refractivity contribution in [2.75, 3.05) is 31.7 Å². The van der Waals surface area contributed by atoms with Gasteiger partial charge < -0.3 is 21.7 Å². The third-order valence-corrected chi connectivity index (χ3v) is 2.85. The Hall–Kier alpha value is -2.24. The van der Waals surface area contributed by atoms with Crippen molar-refractivity contribution in [1.29, 1.82) is 0 Å². The number of nitrogen functional groups attached to an aromatic ring is 1. The summed E-state index contributed by atoms with van der Waals surface area (Å²) in [5, 5.41) is 3.18. The summed E-state index contributed by atoms with van der Waals surface area (Å²) in [6, 6.07) is 5.16. The van der Waals surface area contributed by atoms with Crippen LogP contribution in [0.3, 0.4) is 0 Å². The van der Waals surface area contributed by atoms with E-state index in [0.717, 1.165) is 12.8 Å². The number of unbranched alkanes of at least 4 members (excludes halogenated alkanes) is 1. The summed E-state index contributed by atoms with van der Waals surface area (Å²) in [4.78, 5) is 24.2. The number of hydrogen-bond donors (Lipinski definition) is 3. The maximum atomic E-state index is 12.0. The van der Waals surface area contributed by atoms with Gasteiger partial charge in [0.05, 0.1) is 5.56 Å². The molecule has 0 saturated heterocycles. The zero-order chi connectivity index (χ0) is 15.1. The van der Waals surface area contributed by atoms with E-state index in [1.54, 1.807) is 32.3 Å². The van der Waals surface area contributed by atoms with Gasteiger partial charge in [-0.05, 0) is 31.0 Å². The van der Waals surface area contributed by atoms with Crippen LogP contribution in [0.15, 0.2) is 18.2 Å². The minimum atomic E-state index is -0.294. The standard InChI is InChI=1S/C14H22N4O2/c1-18(2)14(20)11-7-6-10(15)9-12(11)17-8-4-3-5-13(16)19/h6-7,9,17H,3-5,8,15H2,1-2H3,(H2,16,19). The lowest BCUT2D eigenvalue weighted by atomic mass is 10.1. The Labute approximate surface area is 119 Å². The third kappa shape index (κ3) is 4.79. The number of carbonyl (C=O) groups excluding carboxylic acids is 2. The Bertz CT molecular complexity index is 486. The number of hydrogen-bond acceptors (Lipinski definition) is 4. The summed E-state index contributed by atoms with van der Waals surface area (Å²) in [5.74, 6) is -0.373. The summed E-state index contributed by atoms with van der Waals surface area (Å²) in [7, 11) is 3.41. The lowest BCUT2D eigenvalue weighted by Crippen LogP contribution is -2.23. The van der Waals surface area contributed by atoms with E-state index in [9.17, 15) is 9.59 Å². The summed E-state index contributed by atoms with van der Waals surface area (Å²) in [6.45, 7) is 0.657. The highest BCUT2D eigenvalue weighted by Gasteiger charge is 2.13. The second-order valence-corrected chi connectivity index (χ2v) is 4.85. The highest BCUT2D eigenvalue weighted by molar-refractivity contribution is 5.99. The van der Waals surface area contributed by atoms with Crippen LogP contribution in [0, 0.1) is 0 Å². The number of benzene rings is 1. The highest BCUT2D eigenvalue weighted by Crippen LogP contribution is 2.20. The van der Waals surface area contributed by atoms with Crippen molar-refractivity contribution < 1.29 is 9.59 Å². The summed E-state index contributed by atoms with van der Waals surface area (Å²) in [6.07, 6.45) is 1.90. The number of nitrogens with zero attached hydrogens (tertiary/aromatic N) is 1. The van der Waals surface area contributed by atoms with Crippen LogP contribution >= 0.6 is 0 Å². The van der Waals surface area contributed by atoms with E-state index < -0.39 is 0 Å². The Kier molecular flexibility index (Phi) is 5.83. The molecule has 0 aliphatic rings. The van der Waals surface area contributed by atoms with Crippen molar-refractivity contribution in [2.24, 2.45) is 5.73 Å². The minimum absolute atomic E-state index is 0.0790. The first-order valence-corrected chi connectivity index (χ1v) is 6.55. The van der Waals surface area contributed by atoms with Gasteiger partial charge in [-0.1, -0.05) is 0 Å². The number of nitrogens with two attached hydrogens (primary N) is 2. The Balaban J connectivity index is 2.65. The first-order chi connectivity index (χ1) is 9.41. The monoisotopic (exact) mass is 278 g/mol. The molecule has 0 aliphatic carbocycles. The number of carbonyl (C=O) groups is 2. The van der Waals surface area contributed by atoms with Crippen molar-refractivity contribution in [3.63, 3.8) is 0 Å². The van der Waals surface area contributed by atoms with Gasteiger partial charge in [0.25, 0.3) is 5.91 Å². The molecule has 0 aliphatic heterocycles. The number of rotatable bonds is 7. The second kappa shape index (κ2) is 7.37. The van der Waals surface area contributed by atoms with E-state index >= 15 is 0 Å². The average molecular weight is 278 g/mol. The Morgan fingerprint density at radius 1 is 1.25 bits per heavy atom. The van der Waals surface area contributed by atoms with Crippen molar-refractivity contribution in [1.82, 2.24) is 4.90 Å². The number of primary amides is 1. The maximum Gasteiger partial charge on any atom is 0.255 e. The van der Waals surface area contributed by atoms with E-state index in [4.69, 9.17) is 11.5 Å². The number of nitrogens with one attached hydrogen (secondary N) is 1. The van der Waals surface area contributed by atoms with Crippen LogP contribution in [-0.4, -0.2) is 37.4 Å². The van der Waals surface area contributed by atoms with E-state index in [0.29, 0.717) is 29.9 Å². The van der Waals surface area contributed by atoms with Crippen LogP contribution in [0.4, 0.5) is 11.4 Å². The lowest BCUT2D eigenvalue weighted by molar-refractivity contribution is -0.118. The molecule has 0 spiro atoms. The molecule has 0 atom stereocenters. The first-order valence-electron chi connectivity index (χ1n) is 6.55. The molecule has 0 radical (unpaired) electrons. The first kappa shape index (κ1) is 15.8. The number of anilines is 2. The van der Waals surface area contributed by atoms with Crippen molar-refractivity contribution in [3.05, 3.63) is 23.8 Å². The Morgan fingerprint density at radius 2 is 1.95 bits per heavy atom. The van der Waals surface area contributed by atoms with Crippen LogP contribution in [0.25, 0.3) is 0 Å². The predicted molar refractivity (Wildman–Crippen MR) is 80.4 cm³/mol. The molecule has 0 unspecified atom stereocenters. The van der Waals surface area contributed by atoms with Gasteiger partial charge >= 0.3 is 0 Å². The van der Waals surface area contributed by atoms with Crippen LogP contribution < -0.4 is 16.8 Å². The lowest BCUT2D eigenvalue weighted by Gasteiger charge is -2.16. The molecule has 110 valence electrons. The van der Waals surface area contributed by atoms with Crippen molar-refractivity contribution in [3.8, 4) is 0 Å². The van der Waals surface area contributed by atoms with Gasteiger partial charge in [0.15, 0.2) is 0 Å². The van der Waals surface area contributed by atoms with Gasteiger partial charge in [-0.15, -0.1) is 0 Å². The molecule has 1 aromatic rings. The molecular formula is C14H22N4O2. The quantitative estimate of drug-likeness (QED) is 0.512. The molecular weight excluding hydrogens is 256 g/mol. The second-order valence-electron chi connectivity index (χ2n) is 4.85. The van der Waals surface area contributed by atoms with Crippen LogP contribution in [-0.2, 0) is 4.79 Å². The fraction of sp³-hybridized carbons (Fsp3) is 0.429. The smallest absolute Gasteiger partial charge is 0.255 e. The molecule has 0 bridgehead atoms. The molecule has 0 aromatic heterocycles. The van der Waals surface area contributed by atoms with E-state index in [1.165, 1.54) is 4.90 Å². The third-order valence-electron chi connectivity index (χ3n) is 2.85.